The molecular weight excluding hydrogens is 352 g/mol. The molecule has 2 aromatic carbocycles. The van der Waals surface area contributed by atoms with Gasteiger partial charge in [0, 0.05) is 4.47 Å². The monoisotopic (exact) mass is 364 g/mol. The van der Waals surface area contributed by atoms with Gasteiger partial charge in [0.05, 0.1) is 17.5 Å². The largest absolute Gasteiger partial charge is 0.468 e. The maximum atomic E-state index is 11.9. The summed E-state index contributed by atoms with van der Waals surface area (Å²) in [5.41, 5.74) is 2.75. The van der Waals surface area contributed by atoms with Gasteiger partial charge in [-0.05, 0) is 57.6 Å². The summed E-state index contributed by atoms with van der Waals surface area (Å²) in [6.45, 7) is 0. The molecule has 0 aliphatic heterocycles. The van der Waals surface area contributed by atoms with Crippen LogP contribution in [0.25, 0.3) is 11.1 Å². The molecule has 0 aromatic heterocycles. The Kier molecular flexibility index (Phi) is 3.80. The average molecular weight is 366 g/mol. The Morgan fingerprint density at radius 1 is 1.14 bits per heavy atom. The lowest BCUT2D eigenvalue weighted by atomic mass is 9.94. The summed E-state index contributed by atoms with van der Waals surface area (Å²) in [5.74, 6) is -0.137. The molecule has 1 aliphatic carbocycles. The van der Waals surface area contributed by atoms with Gasteiger partial charge < -0.3 is 4.74 Å². The van der Waals surface area contributed by atoms with Crippen molar-refractivity contribution in [1.29, 1.82) is 0 Å². The van der Waals surface area contributed by atoms with Gasteiger partial charge in [0.2, 0.25) is 0 Å². The van der Waals surface area contributed by atoms with Crippen LogP contribution in [-0.2, 0) is 14.9 Å². The second kappa shape index (κ2) is 5.47. The number of methoxy groups -OCH3 is 1. The summed E-state index contributed by atoms with van der Waals surface area (Å²) < 4.78 is 5.80. The van der Waals surface area contributed by atoms with Crippen molar-refractivity contribution < 1.29 is 9.53 Å². The van der Waals surface area contributed by atoms with E-state index in [-0.39, 0.29) is 5.97 Å². The van der Waals surface area contributed by atoms with Crippen LogP contribution in [0.2, 0.25) is 5.02 Å². The number of hydrogen-bond acceptors (Lipinski definition) is 2. The van der Waals surface area contributed by atoms with Gasteiger partial charge in [-0.1, -0.05) is 41.9 Å². The number of carbonyl (C=O) groups is 1. The molecule has 1 saturated carbocycles. The SMILES string of the molecule is COC(=O)C1(c2ccc(-c3ccc(Br)c(Cl)c3)cc2)CC1. The molecule has 0 atom stereocenters. The molecule has 0 N–H and O–H groups in total. The number of halogens is 2. The van der Waals surface area contributed by atoms with Crippen LogP contribution in [0, 0.1) is 0 Å². The summed E-state index contributed by atoms with van der Waals surface area (Å²) in [7, 11) is 1.45. The van der Waals surface area contributed by atoms with Crippen molar-refractivity contribution in [2.75, 3.05) is 7.11 Å². The normalized spacial score (nSPS) is 15.6. The zero-order valence-corrected chi connectivity index (χ0v) is 13.9. The van der Waals surface area contributed by atoms with Crippen LogP contribution in [-0.4, -0.2) is 13.1 Å². The first-order chi connectivity index (χ1) is 10.1. The van der Waals surface area contributed by atoms with E-state index < -0.39 is 5.41 Å². The van der Waals surface area contributed by atoms with Crippen LogP contribution in [0.15, 0.2) is 46.9 Å². The van der Waals surface area contributed by atoms with E-state index in [2.05, 4.69) is 15.9 Å². The third-order valence-corrected chi connectivity index (χ3v) is 5.25. The average Bonchev–Trinajstić information content (AvgIpc) is 3.31. The Morgan fingerprint density at radius 3 is 2.29 bits per heavy atom. The van der Waals surface area contributed by atoms with Crippen molar-refractivity contribution in [2.45, 2.75) is 18.3 Å². The lowest BCUT2D eigenvalue weighted by molar-refractivity contribution is -0.143. The first kappa shape index (κ1) is 14.6. The van der Waals surface area contributed by atoms with Crippen LogP contribution in [0.1, 0.15) is 18.4 Å². The van der Waals surface area contributed by atoms with E-state index in [1.807, 2.05) is 42.5 Å². The molecule has 0 spiro atoms. The van der Waals surface area contributed by atoms with E-state index in [1.165, 1.54) is 7.11 Å². The zero-order chi connectivity index (χ0) is 15.0. The summed E-state index contributed by atoms with van der Waals surface area (Å²) in [6.07, 6.45) is 1.73. The first-order valence-electron chi connectivity index (χ1n) is 6.71. The summed E-state index contributed by atoms with van der Waals surface area (Å²) in [5, 5.41) is 0.685. The lowest BCUT2D eigenvalue weighted by Crippen LogP contribution is -2.21. The van der Waals surface area contributed by atoms with Gasteiger partial charge in [0.1, 0.15) is 0 Å². The fourth-order valence-electron chi connectivity index (χ4n) is 2.59. The van der Waals surface area contributed by atoms with Crippen molar-refractivity contribution in [3.05, 3.63) is 57.5 Å². The van der Waals surface area contributed by atoms with E-state index in [4.69, 9.17) is 16.3 Å². The molecule has 0 bridgehead atoms. The molecule has 0 unspecified atom stereocenters. The highest BCUT2D eigenvalue weighted by molar-refractivity contribution is 9.10. The van der Waals surface area contributed by atoms with E-state index in [0.717, 1.165) is 34.0 Å². The Labute approximate surface area is 137 Å². The molecule has 108 valence electrons. The maximum absolute atomic E-state index is 11.9. The van der Waals surface area contributed by atoms with Gasteiger partial charge in [0.25, 0.3) is 0 Å². The summed E-state index contributed by atoms with van der Waals surface area (Å²) >= 11 is 9.52. The van der Waals surface area contributed by atoms with Crippen molar-refractivity contribution in [3.8, 4) is 11.1 Å². The van der Waals surface area contributed by atoms with Crippen molar-refractivity contribution in [1.82, 2.24) is 0 Å². The fourth-order valence-corrected chi connectivity index (χ4v) is 3.02. The van der Waals surface area contributed by atoms with Crippen molar-refractivity contribution >= 4 is 33.5 Å². The molecule has 0 heterocycles. The predicted molar refractivity (Wildman–Crippen MR) is 87.5 cm³/mol. The quantitative estimate of drug-likeness (QED) is 0.718. The zero-order valence-electron chi connectivity index (χ0n) is 11.5. The lowest BCUT2D eigenvalue weighted by Gasteiger charge is -2.13. The highest BCUT2D eigenvalue weighted by Gasteiger charge is 2.52. The Hall–Kier alpha value is -1.32. The van der Waals surface area contributed by atoms with Crippen molar-refractivity contribution in [2.24, 2.45) is 0 Å². The smallest absolute Gasteiger partial charge is 0.316 e. The van der Waals surface area contributed by atoms with Crippen LogP contribution in [0.4, 0.5) is 0 Å². The molecule has 1 fully saturated rings. The van der Waals surface area contributed by atoms with Crippen LogP contribution in [0.3, 0.4) is 0 Å². The van der Waals surface area contributed by atoms with Crippen molar-refractivity contribution in [3.63, 3.8) is 0 Å². The topological polar surface area (TPSA) is 26.3 Å². The highest BCUT2D eigenvalue weighted by Crippen LogP contribution is 2.49. The van der Waals surface area contributed by atoms with Crippen LogP contribution >= 0.6 is 27.5 Å². The number of rotatable bonds is 3. The standard InChI is InChI=1S/C17H14BrClO2/c1-21-16(20)17(8-9-17)13-5-2-11(3-6-13)12-4-7-14(18)15(19)10-12/h2-7,10H,8-9H2,1H3. The molecule has 0 saturated heterocycles. The van der Waals surface area contributed by atoms with Gasteiger partial charge in [-0.25, -0.2) is 0 Å². The minimum Gasteiger partial charge on any atom is -0.468 e. The van der Waals surface area contributed by atoms with E-state index in [1.54, 1.807) is 0 Å². The second-order valence-corrected chi connectivity index (χ2v) is 6.54. The molecule has 3 rings (SSSR count). The molecule has 1 aliphatic rings. The fraction of sp³-hybridized carbons (Fsp3) is 0.235. The summed E-state index contributed by atoms with van der Waals surface area (Å²) in [4.78, 5) is 11.9. The van der Waals surface area contributed by atoms with Gasteiger partial charge >= 0.3 is 5.97 Å². The van der Waals surface area contributed by atoms with E-state index >= 15 is 0 Å². The molecule has 21 heavy (non-hydrogen) atoms. The highest BCUT2D eigenvalue weighted by atomic mass is 79.9. The van der Waals surface area contributed by atoms with E-state index in [9.17, 15) is 4.79 Å². The Balaban J connectivity index is 1.91. The number of ether oxygens (including phenoxy) is 1. The minimum atomic E-state index is -0.412. The molecule has 0 amide bonds. The first-order valence-corrected chi connectivity index (χ1v) is 7.88. The van der Waals surface area contributed by atoms with E-state index in [0.29, 0.717) is 5.02 Å². The molecule has 2 aromatic rings. The minimum absolute atomic E-state index is 0.137. The molecule has 0 radical (unpaired) electrons. The third-order valence-electron chi connectivity index (χ3n) is 4.02. The third kappa shape index (κ3) is 2.60. The van der Waals surface area contributed by atoms with Gasteiger partial charge in [0.15, 0.2) is 0 Å². The Morgan fingerprint density at radius 2 is 1.76 bits per heavy atom. The number of esters is 1. The number of carbonyl (C=O) groups excluding carboxylic acids is 1. The second-order valence-electron chi connectivity index (χ2n) is 5.28. The summed E-state index contributed by atoms with van der Waals surface area (Å²) in [6, 6.07) is 13.9. The molecule has 2 nitrogen and oxygen atoms in total. The Bertz CT molecular complexity index is 690. The molecule has 4 heteroatoms. The van der Waals surface area contributed by atoms with Gasteiger partial charge in [-0.3, -0.25) is 4.79 Å². The number of hydrogen-bond donors (Lipinski definition) is 0. The number of benzene rings is 2. The van der Waals surface area contributed by atoms with Gasteiger partial charge in [-0.15, -0.1) is 0 Å². The maximum Gasteiger partial charge on any atom is 0.316 e. The van der Waals surface area contributed by atoms with Gasteiger partial charge in [-0.2, -0.15) is 0 Å². The van der Waals surface area contributed by atoms with Crippen LogP contribution < -0.4 is 0 Å². The predicted octanol–water partition coefficient (Wildman–Crippen LogP) is 4.97. The molecular formula is C17H14BrClO2. The van der Waals surface area contributed by atoms with Crippen LogP contribution in [0.5, 0.6) is 0 Å².